The van der Waals surface area contributed by atoms with E-state index >= 15 is 0 Å². The number of ketones is 1. The normalized spacial score (nSPS) is 18.6. The molecule has 2 aliphatic heterocycles. The lowest BCUT2D eigenvalue weighted by Gasteiger charge is -2.36. The molecule has 2 aromatic rings. The van der Waals surface area contributed by atoms with E-state index < -0.39 is 6.04 Å². The fourth-order valence-corrected chi connectivity index (χ4v) is 3.56. The first-order chi connectivity index (χ1) is 15.9. The van der Waals surface area contributed by atoms with Crippen molar-refractivity contribution in [1.82, 2.24) is 4.98 Å². The third kappa shape index (κ3) is 3.93. The van der Waals surface area contributed by atoms with Gasteiger partial charge < -0.3 is 29.6 Å². The van der Waals surface area contributed by atoms with Gasteiger partial charge in [0.05, 0.1) is 0 Å². The average Bonchev–Trinajstić information content (AvgIpc) is 2.78. The molecule has 0 aromatic heterocycles. The van der Waals surface area contributed by atoms with Crippen molar-refractivity contribution in [2.45, 2.75) is 6.04 Å². The van der Waals surface area contributed by atoms with Gasteiger partial charge in [-0.1, -0.05) is 0 Å². The number of hydroxylamine groups is 1. The number of phenols is 2. The zero-order valence-electron chi connectivity index (χ0n) is 16.9. The molecule has 2 aliphatic carbocycles. The zero-order chi connectivity index (χ0) is 23.1. The lowest BCUT2D eigenvalue weighted by Crippen LogP contribution is -3.07. The highest BCUT2D eigenvalue weighted by Crippen LogP contribution is 2.32. The molecule has 0 amide bonds. The highest BCUT2D eigenvalue weighted by atomic mass is 16.5. The molecule has 0 saturated heterocycles. The van der Waals surface area contributed by atoms with Gasteiger partial charge in [0, 0.05) is 30.3 Å². The van der Waals surface area contributed by atoms with Gasteiger partial charge in [-0.2, -0.15) is 0 Å². The summed E-state index contributed by atoms with van der Waals surface area (Å²) in [5.41, 5.74) is 2.02. The fourth-order valence-electron chi connectivity index (χ4n) is 3.56. The lowest BCUT2D eigenvalue weighted by atomic mass is 10.0. The third-order valence-corrected chi connectivity index (χ3v) is 5.12. The van der Waals surface area contributed by atoms with Crippen LogP contribution in [0.3, 0.4) is 0 Å². The van der Waals surface area contributed by atoms with E-state index in [9.17, 15) is 25.0 Å². The number of hydrogen-bond acceptors (Lipinski definition) is 8. The Bertz CT molecular complexity index is 1490. The third-order valence-electron chi connectivity index (χ3n) is 5.12. The first-order valence-corrected chi connectivity index (χ1v) is 9.90. The van der Waals surface area contributed by atoms with Gasteiger partial charge in [0.25, 0.3) is 0 Å². The minimum atomic E-state index is -0.523. The number of quaternary nitrogens is 1. The summed E-state index contributed by atoms with van der Waals surface area (Å²) in [4.78, 5) is 26.7. The molecule has 2 heterocycles. The predicted molar refractivity (Wildman–Crippen MR) is 117 cm³/mol. The quantitative estimate of drug-likeness (QED) is 0.213. The number of aromatic hydroxyl groups is 2. The first-order valence-electron chi connectivity index (χ1n) is 9.90. The minimum Gasteiger partial charge on any atom is -0.628 e. The summed E-state index contributed by atoms with van der Waals surface area (Å²) in [5.74, 6) is 0.961. The summed E-state index contributed by atoms with van der Waals surface area (Å²) < 4.78 is 11.0. The van der Waals surface area contributed by atoms with Crippen molar-refractivity contribution < 1.29 is 29.2 Å². The number of rotatable bonds is 0. The molecule has 0 spiro atoms. The molecule has 0 saturated carbocycles. The molecule has 9 heteroatoms. The number of carbonyl (C=O) groups is 1. The molecule has 0 bridgehead atoms. The van der Waals surface area contributed by atoms with Gasteiger partial charge in [0.2, 0.25) is 0 Å². The largest absolute Gasteiger partial charge is 0.628 e. The number of nitrogens with zero attached hydrogens (tertiary/aromatic N) is 1. The highest BCUT2D eigenvalue weighted by molar-refractivity contribution is 6.00. The van der Waals surface area contributed by atoms with E-state index in [0.29, 0.717) is 39.7 Å². The summed E-state index contributed by atoms with van der Waals surface area (Å²) in [6.45, 7) is 0. The number of carbonyl (C=O) groups excluding carboxylic acids is 1. The van der Waals surface area contributed by atoms with Crippen LogP contribution < -0.4 is 15.2 Å². The van der Waals surface area contributed by atoms with Crippen LogP contribution in [-0.4, -0.2) is 27.0 Å². The first kappa shape index (κ1) is 20.4. The van der Waals surface area contributed by atoms with Crippen molar-refractivity contribution in [2.75, 3.05) is 0 Å². The topological polar surface area (TPSA) is 137 Å². The Kier molecular flexibility index (Phi) is 4.89. The van der Waals surface area contributed by atoms with E-state index in [2.05, 4.69) is 4.98 Å². The number of ether oxygens (including phenoxy) is 1. The molecule has 2 atom stereocenters. The Morgan fingerprint density at radius 1 is 0.970 bits per heavy atom. The molecule has 0 fully saturated rings. The van der Waals surface area contributed by atoms with Crippen LogP contribution in [0.1, 0.15) is 0 Å². The standard InChI is InChI=1S/C12H9NO4.C12H7NO3/c14-7-1-3-9-11(5-7)17-12-6-8(15)2-4-10(12)13(9)16;14-7-1-3-9-11(5-7)16-12-6-8(15)2-4-10(12)13-9/h1-6,9,13,15H;1-6,14H. The van der Waals surface area contributed by atoms with Crippen molar-refractivity contribution in [2.24, 2.45) is 0 Å². The molecule has 3 N–H and O–H groups in total. The number of aromatic nitrogens is 1. The Hall–Kier alpha value is -4.47. The van der Waals surface area contributed by atoms with Gasteiger partial charge >= 0.3 is 0 Å². The number of hydrogen-bond donors (Lipinski definition) is 3. The minimum absolute atomic E-state index is 0.0216. The second-order valence-corrected chi connectivity index (χ2v) is 7.43. The Morgan fingerprint density at radius 3 is 2.61 bits per heavy atom. The molecule has 9 nitrogen and oxygen atoms in total. The second-order valence-electron chi connectivity index (χ2n) is 7.43. The molecule has 0 radical (unpaired) electrons. The summed E-state index contributed by atoms with van der Waals surface area (Å²) >= 11 is 0. The van der Waals surface area contributed by atoms with E-state index in [-0.39, 0.29) is 27.8 Å². The van der Waals surface area contributed by atoms with E-state index in [4.69, 9.17) is 9.15 Å². The SMILES string of the molecule is O=C1C=CC2C(=C1)Oc1cc(O)ccc1[NH+]2[O-].O=c1ccc2nc3ccc(O)cc3oc-2c1. The van der Waals surface area contributed by atoms with Gasteiger partial charge in [0.1, 0.15) is 22.7 Å². The molecule has 2 aromatic carbocycles. The summed E-state index contributed by atoms with van der Waals surface area (Å²) in [6, 6.07) is 12.9. The van der Waals surface area contributed by atoms with E-state index in [1.807, 2.05) is 0 Å². The van der Waals surface area contributed by atoms with Crippen molar-refractivity contribution in [1.29, 1.82) is 0 Å². The number of allylic oxidation sites excluding steroid dienone is 2. The number of benzene rings is 3. The molecule has 164 valence electrons. The van der Waals surface area contributed by atoms with E-state index in [1.165, 1.54) is 54.6 Å². The van der Waals surface area contributed by atoms with Crippen LogP contribution in [0.2, 0.25) is 0 Å². The smallest absolute Gasteiger partial charge is 0.191 e. The Balaban J connectivity index is 0.000000139. The number of nitrogens with one attached hydrogen (secondary N) is 1. The van der Waals surface area contributed by atoms with Crippen LogP contribution in [-0.2, 0) is 4.79 Å². The molecule has 4 aliphatic rings. The van der Waals surface area contributed by atoms with Crippen LogP contribution in [0.25, 0.3) is 22.6 Å². The monoisotopic (exact) mass is 444 g/mol. The molecule has 33 heavy (non-hydrogen) atoms. The average molecular weight is 444 g/mol. The second kappa shape index (κ2) is 7.90. The van der Waals surface area contributed by atoms with Gasteiger partial charge in [-0.15, -0.1) is 0 Å². The van der Waals surface area contributed by atoms with Gasteiger partial charge in [-0.25, -0.2) is 4.98 Å². The predicted octanol–water partition coefficient (Wildman–Crippen LogP) is 2.19. The van der Waals surface area contributed by atoms with Crippen molar-refractivity contribution in [3.05, 3.63) is 94.0 Å². The maximum absolute atomic E-state index is 12.1. The molecule has 2 unspecified atom stereocenters. The number of phenolic OH excluding ortho intramolecular Hbond substituents is 2. The van der Waals surface area contributed by atoms with Crippen molar-refractivity contribution >= 4 is 22.6 Å². The fraction of sp³-hybridized carbons (Fsp3) is 0.0417. The number of fused-ring (bicyclic) bond motifs is 4. The van der Waals surface area contributed by atoms with Crippen LogP contribution in [0.5, 0.6) is 17.2 Å². The maximum Gasteiger partial charge on any atom is 0.191 e. The van der Waals surface area contributed by atoms with Crippen LogP contribution in [0.15, 0.2) is 87.8 Å². The van der Waals surface area contributed by atoms with Crippen LogP contribution >= 0.6 is 0 Å². The zero-order valence-corrected chi connectivity index (χ0v) is 16.9. The van der Waals surface area contributed by atoms with Gasteiger partial charge in [0.15, 0.2) is 45.8 Å². The van der Waals surface area contributed by atoms with Gasteiger partial charge in [-0.05, 0) is 42.5 Å². The molecular formula is C24H16N2O7. The Morgan fingerprint density at radius 2 is 1.76 bits per heavy atom. The summed E-state index contributed by atoms with van der Waals surface area (Å²) in [5, 5.41) is 30.6. The van der Waals surface area contributed by atoms with Crippen LogP contribution in [0.4, 0.5) is 5.69 Å². The molecule has 6 rings (SSSR count). The van der Waals surface area contributed by atoms with E-state index in [1.54, 1.807) is 18.2 Å². The van der Waals surface area contributed by atoms with Crippen LogP contribution in [0, 0.1) is 5.21 Å². The van der Waals surface area contributed by atoms with Crippen molar-refractivity contribution in [3.8, 4) is 28.7 Å². The Labute approximate surface area is 186 Å². The maximum atomic E-state index is 12.1. The lowest BCUT2D eigenvalue weighted by molar-refractivity contribution is -0.797. The highest BCUT2D eigenvalue weighted by Gasteiger charge is 2.33. The van der Waals surface area contributed by atoms with Gasteiger partial charge in [-0.3, -0.25) is 9.59 Å². The van der Waals surface area contributed by atoms with Crippen molar-refractivity contribution in [3.63, 3.8) is 0 Å². The summed E-state index contributed by atoms with van der Waals surface area (Å²) in [6.07, 6.45) is 4.20. The molecular weight excluding hydrogens is 428 g/mol. The summed E-state index contributed by atoms with van der Waals surface area (Å²) in [7, 11) is 0. The van der Waals surface area contributed by atoms with E-state index in [0.717, 1.165) is 0 Å².